The molecule has 0 saturated carbocycles. The van der Waals surface area contributed by atoms with Gasteiger partial charge in [0.2, 0.25) is 0 Å². The first-order valence-corrected chi connectivity index (χ1v) is 49.6. The van der Waals surface area contributed by atoms with Crippen LogP contribution in [-0.2, 0) is 0 Å². The third-order valence-corrected chi connectivity index (χ3v) is 28.3. The molecule has 0 unspecified atom stereocenters. The van der Waals surface area contributed by atoms with E-state index < -0.39 is 0 Å². The second kappa shape index (κ2) is 36.0. The number of hydrogen-bond acceptors (Lipinski definition) is 10. The van der Waals surface area contributed by atoms with Crippen molar-refractivity contribution in [1.82, 2.24) is 77.2 Å². The Labute approximate surface area is 848 Å². The highest BCUT2D eigenvalue weighted by Gasteiger charge is 2.27. The summed E-state index contributed by atoms with van der Waals surface area (Å²) in [5.41, 5.74) is 27.4. The summed E-state index contributed by atoms with van der Waals surface area (Å²) < 4.78 is 14.0. The molecule has 0 aliphatic rings. The van der Waals surface area contributed by atoms with E-state index in [1.807, 2.05) is 176 Å². The SMILES string of the molecule is c1ccc(-c2nc(-c3ccc(-n4c5ccccc5c5cc6c(cc54)c4ccccc4n6-c4ccccc4)nc3)nc3ccccc23)cc1.c1ccc(-c2nc(-c3ccccc3)nc(-c3cccc(-n4c5ccccc5c5cc6c(cc54)c4ccccc4n6-c4ccccc4)c3)n2)cc1.c1ccc(-c2nc(-c3ccccc3)nc(-c3cccc(-n4c5ccccc5c5cc6c(cc54)c4ccccc4n6-c4ccccc4)n3)n2)cc1. The van der Waals surface area contributed by atoms with Crippen molar-refractivity contribution >= 4 is 142 Å². The molecule has 0 spiro atoms. The van der Waals surface area contributed by atoms with E-state index in [2.05, 4.69) is 361 Å². The Morgan fingerprint density at radius 1 is 0.135 bits per heavy atom. The molecule has 0 radical (unpaired) electrons. The lowest BCUT2D eigenvalue weighted by atomic mass is 10.1. The van der Waals surface area contributed by atoms with E-state index in [4.69, 9.17) is 49.8 Å². The highest BCUT2D eigenvalue weighted by molar-refractivity contribution is 6.22. The minimum absolute atomic E-state index is 0.522. The average molecular weight is 1890 g/mol. The maximum absolute atomic E-state index is 5.26. The minimum atomic E-state index is 0.522. The van der Waals surface area contributed by atoms with Gasteiger partial charge in [0, 0.05) is 138 Å². The predicted octanol–water partition coefficient (Wildman–Crippen LogP) is 32.1. The molecule has 30 rings (SSSR count). The lowest BCUT2D eigenvalue weighted by Gasteiger charge is -2.12. The van der Waals surface area contributed by atoms with Crippen LogP contribution in [0.15, 0.2) is 510 Å². The molecule has 16 heteroatoms. The fourth-order valence-corrected chi connectivity index (χ4v) is 21.6. The van der Waals surface area contributed by atoms with Gasteiger partial charge in [0.15, 0.2) is 40.8 Å². The number of para-hydroxylation sites is 10. The summed E-state index contributed by atoms with van der Waals surface area (Å²) in [4.78, 5) is 50.1. The van der Waals surface area contributed by atoms with Gasteiger partial charge in [-0.25, -0.2) is 49.8 Å². The van der Waals surface area contributed by atoms with Crippen LogP contribution in [0.1, 0.15) is 0 Å². The Hall–Kier alpha value is -20.4. The van der Waals surface area contributed by atoms with E-state index in [1.165, 1.54) is 92.3 Å². The summed E-state index contributed by atoms with van der Waals surface area (Å²) in [6.07, 6.45) is 1.90. The van der Waals surface area contributed by atoms with Gasteiger partial charge in [-0.15, -0.1) is 0 Å². The lowest BCUT2D eigenvalue weighted by Crippen LogP contribution is -2.03. The summed E-state index contributed by atoms with van der Waals surface area (Å²) in [5, 5.41) is 15.4. The zero-order chi connectivity index (χ0) is 97.6. The summed E-state index contributed by atoms with van der Waals surface area (Å²) >= 11 is 0. The molecule has 11 aromatic heterocycles. The van der Waals surface area contributed by atoms with Gasteiger partial charge in [-0.2, -0.15) is 0 Å². The fraction of sp³-hybridized carbons (Fsp3) is 0. The van der Waals surface area contributed by atoms with Gasteiger partial charge in [0.05, 0.1) is 77.4 Å². The van der Waals surface area contributed by atoms with Gasteiger partial charge in [-0.3, -0.25) is 9.13 Å². The number of rotatable bonds is 14. The van der Waals surface area contributed by atoms with Crippen LogP contribution < -0.4 is 0 Å². The average Bonchev–Trinajstić information content (AvgIpc) is 1.56. The van der Waals surface area contributed by atoms with E-state index in [1.54, 1.807) is 0 Å². The quantitative estimate of drug-likeness (QED) is 0.103. The molecule has 19 aromatic carbocycles. The Morgan fingerprint density at radius 2 is 0.405 bits per heavy atom. The second-order valence-corrected chi connectivity index (χ2v) is 37.0. The number of benzene rings is 19. The van der Waals surface area contributed by atoms with E-state index in [0.717, 1.165) is 128 Å². The van der Waals surface area contributed by atoms with E-state index in [-0.39, 0.29) is 0 Å². The first-order chi connectivity index (χ1) is 73.4. The molecule has 0 amide bonds. The van der Waals surface area contributed by atoms with Crippen LogP contribution in [0.5, 0.6) is 0 Å². The topological polar surface area (TPSA) is 158 Å². The second-order valence-electron chi connectivity index (χ2n) is 37.0. The Bertz CT molecular complexity index is 9890. The summed E-state index contributed by atoms with van der Waals surface area (Å²) in [7, 11) is 0. The molecule has 11 heterocycles. The number of nitrogens with zero attached hydrogens (tertiary/aromatic N) is 16. The van der Waals surface area contributed by atoms with Crippen molar-refractivity contribution in [3.63, 3.8) is 0 Å². The van der Waals surface area contributed by atoms with Crippen LogP contribution in [0.4, 0.5) is 0 Å². The maximum atomic E-state index is 5.26. The van der Waals surface area contributed by atoms with Crippen molar-refractivity contribution in [3.05, 3.63) is 510 Å². The molecule has 0 atom stereocenters. The Kier molecular flexibility index (Phi) is 20.8. The third-order valence-electron chi connectivity index (χ3n) is 28.3. The molecule has 692 valence electrons. The molecule has 0 bridgehead atoms. The van der Waals surface area contributed by atoms with Gasteiger partial charge in [0.1, 0.15) is 17.3 Å². The molecule has 0 fully saturated rings. The molecule has 0 aliphatic heterocycles. The van der Waals surface area contributed by atoms with Crippen LogP contribution in [-0.4, -0.2) is 77.2 Å². The molecular formula is C132H84N16. The largest absolute Gasteiger partial charge is 0.309 e. The number of aromatic nitrogens is 16. The number of hydrogen-bond donors (Lipinski definition) is 0. The number of pyridine rings is 2. The molecule has 0 aliphatic carbocycles. The zero-order valence-electron chi connectivity index (χ0n) is 79.7. The van der Waals surface area contributed by atoms with Crippen molar-refractivity contribution in [1.29, 1.82) is 0 Å². The van der Waals surface area contributed by atoms with E-state index in [9.17, 15) is 0 Å². The van der Waals surface area contributed by atoms with E-state index >= 15 is 0 Å². The standard InChI is InChI=1S/C45H29N5.C44H28N6.C43H27N5/c1-4-15-30(16-5-1)43-46-44(31-17-6-2-7-18-31)48-45(47-43)32-19-14-22-34(27-32)50-40-26-13-11-24-36(40)38-28-41-37(29-42(38)50)35-23-10-12-25-39(35)49(41)33-20-8-3-9-21-33;1-4-15-29(16-5-1)42-46-43(30-17-6-2-7-18-30)48-44(47-42)36-23-14-26-41(45-36)50-38-25-13-11-22-33(38)35-27-39-34(28-40(35)50)32-21-10-12-24-37(32)49(39)31-19-8-3-9-20-31;1-3-13-28(14-4-1)42-33-19-7-10-20-36(33)45-43(46-42)29-23-24-41(44-27-29)48-38-22-12-9-18-32(38)35-25-39-34(26-40(35)48)31-17-8-11-21-37(31)47(39)30-15-5-2-6-16-30/h1-29H;1-28H;1-27H. The van der Waals surface area contributed by atoms with Gasteiger partial charge in [0.25, 0.3) is 0 Å². The van der Waals surface area contributed by atoms with Crippen LogP contribution in [0.25, 0.3) is 267 Å². The van der Waals surface area contributed by atoms with Crippen molar-refractivity contribution < 1.29 is 0 Å². The normalized spacial score (nSPS) is 11.6. The molecule has 0 saturated heterocycles. The van der Waals surface area contributed by atoms with Crippen LogP contribution in [0.3, 0.4) is 0 Å². The van der Waals surface area contributed by atoms with Gasteiger partial charge >= 0.3 is 0 Å². The molecule has 0 N–H and O–H groups in total. The van der Waals surface area contributed by atoms with Gasteiger partial charge < -0.3 is 18.3 Å². The smallest absolute Gasteiger partial charge is 0.182 e. The third kappa shape index (κ3) is 14.8. The molecule has 16 nitrogen and oxygen atoms in total. The van der Waals surface area contributed by atoms with Gasteiger partial charge in [-0.05, 0) is 152 Å². The maximum Gasteiger partial charge on any atom is 0.182 e. The first kappa shape index (κ1) is 85.6. The van der Waals surface area contributed by atoms with Crippen molar-refractivity contribution in [2.24, 2.45) is 0 Å². The van der Waals surface area contributed by atoms with Crippen LogP contribution >= 0.6 is 0 Å². The van der Waals surface area contributed by atoms with Crippen molar-refractivity contribution in [2.75, 3.05) is 0 Å². The first-order valence-electron chi connectivity index (χ1n) is 49.6. The van der Waals surface area contributed by atoms with Gasteiger partial charge in [-0.1, -0.05) is 352 Å². The minimum Gasteiger partial charge on any atom is -0.309 e. The number of fused-ring (bicyclic) bond motifs is 19. The Balaban J connectivity index is 0.000000107. The highest BCUT2D eigenvalue weighted by atomic mass is 15.1. The van der Waals surface area contributed by atoms with Crippen LogP contribution in [0.2, 0.25) is 0 Å². The summed E-state index contributed by atoms with van der Waals surface area (Å²) in [6.45, 7) is 0. The van der Waals surface area contributed by atoms with E-state index in [0.29, 0.717) is 46.5 Å². The summed E-state index contributed by atoms with van der Waals surface area (Å²) in [6, 6.07) is 175. The Morgan fingerprint density at radius 3 is 0.770 bits per heavy atom. The fourth-order valence-electron chi connectivity index (χ4n) is 21.6. The van der Waals surface area contributed by atoms with Crippen molar-refractivity contribution in [3.8, 4) is 125 Å². The van der Waals surface area contributed by atoms with Crippen molar-refractivity contribution in [2.45, 2.75) is 0 Å². The molecular weight excluding hydrogens is 1810 g/mol. The lowest BCUT2D eigenvalue weighted by molar-refractivity contribution is 1.03. The monoisotopic (exact) mass is 1890 g/mol. The molecule has 30 aromatic rings. The zero-order valence-corrected chi connectivity index (χ0v) is 79.7. The van der Waals surface area contributed by atoms with Crippen LogP contribution in [0, 0.1) is 0 Å². The predicted molar refractivity (Wildman–Crippen MR) is 604 cm³/mol. The molecule has 148 heavy (non-hydrogen) atoms. The highest BCUT2D eigenvalue weighted by Crippen LogP contribution is 2.46. The summed E-state index contributed by atoms with van der Waals surface area (Å²) in [5.74, 6) is 5.96.